The third kappa shape index (κ3) is 4.09. The molecule has 0 saturated carbocycles. The Morgan fingerprint density at radius 3 is 2.81 bits per heavy atom. The van der Waals surface area contributed by atoms with E-state index in [1.807, 2.05) is 25.2 Å². The van der Waals surface area contributed by atoms with Crippen molar-refractivity contribution in [3.05, 3.63) is 23.8 Å². The number of rotatable bonds is 6. The zero-order chi connectivity index (χ0) is 15.4. The molecule has 21 heavy (non-hydrogen) atoms. The topological polar surface area (TPSA) is 76.8 Å². The number of hydrogen-bond donors (Lipinski definition) is 2. The van der Waals surface area contributed by atoms with E-state index in [1.54, 1.807) is 6.92 Å². The van der Waals surface area contributed by atoms with Gasteiger partial charge in [-0.2, -0.15) is 0 Å². The van der Waals surface area contributed by atoms with E-state index >= 15 is 0 Å². The number of hydrogen-bond acceptors (Lipinski definition) is 5. The number of nitrogens with one attached hydrogen (secondary N) is 1. The number of fused-ring (bicyclic) bond motifs is 1. The van der Waals surface area contributed by atoms with Crippen molar-refractivity contribution < 1.29 is 14.3 Å². The summed E-state index contributed by atoms with van der Waals surface area (Å²) in [7, 11) is 1.97. The molecule has 116 valence electrons. The lowest BCUT2D eigenvalue weighted by Gasteiger charge is -2.25. The van der Waals surface area contributed by atoms with Crippen molar-refractivity contribution >= 4 is 5.91 Å². The SMILES string of the molecule is CC(N)C(=O)NCN(C)C(C)Cc1ccc2c(c1)OCO2. The van der Waals surface area contributed by atoms with Gasteiger partial charge in [0.25, 0.3) is 0 Å². The van der Waals surface area contributed by atoms with Gasteiger partial charge in [-0.05, 0) is 45.0 Å². The molecule has 2 atom stereocenters. The van der Waals surface area contributed by atoms with E-state index in [4.69, 9.17) is 15.2 Å². The molecule has 1 aromatic rings. The molecule has 0 radical (unpaired) electrons. The number of ether oxygens (including phenoxy) is 2. The van der Waals surface area contributed by atoms with Crippen LogP contribution < -0.4 is 20.5 Å². The second-order valence-electron chi connectivity index (χ2n) is 5.49. The van der Waals surface area contributed by atoms with Gasteiger partial charge in [-0.25, -0.2) is 0 Å². The van der Waals surface area contributed by atoms with Crippen LogP contribution in [0.25, 0.3) is 0 Å². The summed E-state index contributed by atoms with van der Waals surface area (Å²) >= 11 is 0. The highest BCUT2D eigenvalue weighted by molar-refractivity contribution is 5.80. The summed E-state index contributed by atoms with van der Waals surface area (Å²) in [6, 6.07) is 5.77. The molecule has 3 N–H and O–H groups in total. The van der Waals surface area contributed by atoms with Crippen molar-refractivity contribution in [1.29, 1.82) is 0 Å². The van der Waals surface area contributed by atoms with Gasteiger partial charge in [0, 0.05) is 6.04 Å². The molecule has 2 unspecified atom stereocenters. The van der Waals surface area contributed by atoms with Crippen molar-refractivity contribution in [2.45, 2.75) is 32.4 Å². The van der Waals surface area contributed by atoms with Gasteiger partial charge in [0.2, 0.25) is 12.7 Å². The third-order valence-electron chi connectivity index (χ3n) is 3.64. The van der Waals surface area contributed by atoms with Crippen molar-refractivity contribution in [2.75, 3.05) is 20.5 Å². The molecule has 0 bridgehead atoms. The molecule has 0 spiro atoms. The van der Waals surface area contributed by atoms with E-state index in [1.165, 1.54) is 5.56 Å². The number of benzene rings is 1. The van der Waals surface area contributed by atoms with Crippen LogP contribution in [-0.2, 0) is 11.2 Å². The van der Waals surface area contributed by atoms with Crippen LogP contribution in [0.1, 0.15) is 19.4 Å². The molecule has 1 aliphatic heterocycles. The van der Waals surface area contributed by atoms with Crippen molar-refractivity contribution in [3.8, 4) is 11.5 Å². The molecule has 1 aromatic carbocycles. The van der Waals surface area contributed by atoms with Gasteiger partial charge in [-0.15, -0.1) is 0 Å². The van der Waals surface area contributed by atoms with Crippen LogP contribution in [0.2, 0.25) is 0 Å². The Hall–Kier alpha value is -1.79. The van der Waals surface area contributed by atoms with Crippen molar-refractivity contribution in [1.82, 2.24) is 10.2 Å². The third-order valence-corrected chi connectivity index (χ3v) is 3.64. The molecule has 0 aliphatic carbocycles. The Bertz CT molecular complexity index is 505. The van der Waals surface area contributed by atoms with Gasteiger partial charge in [-0.3, -0.25) is 9.69 Å². The summed E-state index contributed by atoms with van der Waals surface area (Å²) < 4.78 is 10.7. The van der Waals surface area contributed by atoms with E-state index in [0.717, 1.165) is 17.9 Å². The van der Waals surface area contributed by atoms with Crippen LogP contribution in [0.4, 0.5) is 0 Å². The summed E-state index contributed by atoms with van der Waals surface area (Å²) in [5.41, 5.74) is 6.70. The molecule has 6 heteroatoms. The number of carbonyl (C=O) groups is 1. The first-order valence-corrected chi connectivity index (χ1v) is 7.09. The van der Waals surface area contributed by atoms with E-state index in [-0.39, 0.29) is 18.7 Å². The van der Waals surface area contributed by atoms with E-state index in [0.29, 0.717) is 6.67 Å². The zero-order valence-electron chi connectivity index (χ0n) is 12.8. The Labute approximate surface area is 125 Å². The number of carbonyl (C=O) groups excluding carboxylic acids is 1. The predicted molar refractivity (Wildman–Crippen MR) is 80.2 cm³/mol. The highest BCUT2D eigenvalue weighted by Gasteiger charge is 2.16. The van der Waals surface area contributed by atoms with E-state index in [2.05, 4.69) is 17.1 Å². The molecule has 6 nitrogen and oxygen atoms in total. The highest BCUT2D eigenvalue weighted by Crippen LogP contribution is 2.32. The van der Waals surface area contributed by atoms with Crippen LogP contribution in [-0.4, -0.2) is 43.4 Å². The fraction of sp³-hybridized carbons (Fsp3) is 0.533. The number of nitrogens with zero attached hydrogens (tertiary/aromatic N) is 1. The Morgan fingerprint density at radius 2 is 2.10 bits per heavy atom. The molecule has 1 aliphatic rings. The second kappa shape index (κ2) is 6.78. The summed E-state index contributed by atoms with van der Waals surface area (Å²) in [4.78, 5) is 13.5. The minimum Gasteiger partial charge on any atom is -0.454 e. The molecule has 0 aromatic heterocycles. The lowest BCUT2D eigenvalue weighted by Crippen LogP contribution is -2.45. The summed E-state index contributed by atoms with van der Waals surface area (Å²) in [6.45, 7) is 4.55. The highest BCUT2D eigenvalue weighted by atomic mass is 16.7. The maximum absolute atomic E-state index is 11.5. The molecular weight excluding hydrogens is 270 g/mol. The smallest absolute Gasteiger partial charge is 0.237 e. The molecular formula is C15H23N3O3. The predicted octanol–water partition coefficient (Wildman–Crippen LogP) is 0.699. The standard InChI is InChI=1S/C15H23N3O3/c1-10(18(3)8-17-15(19)11(2)16)6-12-4-5-13-14(7-12)21-9-20-13/h4-5,7,10-11H,6,8-9,16H2,1-3H3,(H,17,19). The maximum atomic E-state index is 11.5. The van der Waals surface area contributed by atoms with Gasteiger partial charge < -0.3 is 20.5 Å². The molecule has 1 amide bonds. The first kappa shape index (κ1) is 15.6. The summed E-state index contributed by atoms with van der Waals surface area (Å²) in [6.07, 6.45) is 0.862. The van der Waals surface area contributed by atoms with E-state index < -0.39 is 6.04 Å². The first-order chi connectivity index (χ1) is 9.97. The molecule has 0 saturated heterocycles. The van der Waals surface area contributed by atoms with Gasteiger partial charge in [0.1, 0.15) is 0 Å². The lowest BCUT2D eigenvalue weighted by molar-refractivity contribution is -0.122. The number of amides is 1. The normalized spacial score (nSPS) is 15.9. The van der Waals surface area contributed by atoms with Gasteiger partial charge in [0.05, 0.1) is 12.7 Å². The van der Waals surface area contributed by atoms with Crippen molar-refractivity contribution in [3.63, 3.8) is 0 Å². The minimum atomic E-state index is -0.484. The number of nitrogens with two attached hydrogens (primary N) is 1. The van der Waals surface area contributed by atoms with Crippen LogP contribution in [0.15, 0.2) is 18.2 Å². The molecule has 0 fully saturated rings. The van der Waals surface area contributed by atoms with Crippen LogP contribution >= 0.6 is 0 Å². The Morgan fingerprint density at radius 1 is 1.38 bits per heavy atom. The zero-order valence-corrected chi connectivity index (χ0v) is 12.8. The average molecular weight is 293 g/mol. The van der Waals surface area contributed by atoms with Crippen LogP contribution in [0.5, 0.6) is 11.5 Å². The lowest BCUT2D eigenvalue weighted by atomic mass is 10.1. The van der Waals surface area contributed by atoms with E-state index in [9.17, 15) is 4.79 Å². The Kier molecular flexibility index (Phi) is 5.03. The number of likely N-dealkylation sites (N-methyl/N-ethyl adjacent to an activating group) is 1. The minimum absolute atomic E-state index is 0.142. The summed E-state index contributed by atoms with van der Waals surface area (Å²) in [5.74, 6) is 1.45. The quantitative estimate of drug-likeness (QED) is 0.755. The van der Waals surface area contributed by atoms with Crippen molar-refractivity contribution in [2.24, 2.45) is 5.73 Å². The largest absolute Gasteiger partial charge is 0.454 e. The second-order valence-corrected chi connectivity index (χ2v) is 5.49. The average Bonchev–Trinajstić information content (AvgIpc) is 2.91. The fourth-order valence-electron chi connectivity index (χ4n) is 2.08. The van der Waals surface area contributed by atoms with Crippen LogP contribution in [0, 0.1) is 0 Å². The monoisotopic (exact) mass is 293 g/mol. The van der Waals surface area contributed by atoms with Crippen LogP contribution in [0.3, 0.4) is 0 Å². The van der Waals surface area contributed by atoms with Gasteiger partial charge >= 0.3 is 0 Å². The first-order valence-electron chi connectivity index (χ1n) is 7.09. The van der Waals surface area contributed by atoms with Gasteiger partial charge in [0.15, 0.2) is 11.5 Å². The Balaban J connectivity index is 1.85. The maximum Gasteiger partial charge on any atom is 0.237 e. The fourth-order valence-corrected chi connectivity index (χ4v) is 2.08. The summed E-state index contributed by atoms with van der Waals surface area (Å²) in [5, 5.41) is 2.81. The van der Waals surface area contributed by atoms with Gasteiger partial charge in [-0.1, -0.05) is 6.07 Å². The molecule has 2 rings (SSSR count). The molecule has 1 heterocycles.